The molecule has 0 fully saturated rings. The first kappa shape index (κ1) is 21.3. The lowest BCUT2D eigenvalue weighted by Crippen LogP contribution is -2.22. The highest BCUT2D eigenvalue weighted by Crippen LogP contribution is 2.35. The Hall–Kier alpha value is -3.23. The summed E-state index contributed by atoms with van der Waals surface area (Å²) in [7, 11) is 0. The molecule has 6 nitrogen and oxygen atoms in total. The third-order valence-electron chi connectivity index (χ3n) is 6.08. The van der Waals surface area contributed by atoms with E-state index in [9.17, 15) is 4.79 Å². The van der Waals surface area contributed by atoms with Gasteiger partial charge in [-0.3, -0.25) is 9.36 Å². The Kier molecular flexibility index (Phi) is 5.55. The average Bonchev–Trinajstić information content (AvgIpc) is 3.48. The zero-order chi connectivity index (χ0) is 23.1. The van der Waals surface area contributed by atoms with Crippen molar-refractivity contribution < 1.29 is 4.52 Å². The molecule has 0 bridgehead atoms. The van der Waals surface area contributed by atoms with Gasteiger partial charge < -0.3 is 4.52 Å². The molecule has 0 N–H and O–H groups in total. The Morgan fingerprint density at radius 3 is 2.65 bits per heavy atom. The van der Waals surface area contributed by atoms with Crippen LogP contribution in [0.1, 0.15) is 34.7 Å². The molecule has 1 aliphatic carbocycles. The van der Waals surface area contributed by atoms with E-state index >= 15 is 0 Å². The Bertz CT molecular complexity index is 1540. The summed E-state index contributed by atoms with van der Waals surface area (Å²) in [4.78, 5) is 25.4. The van der Waals surface area contributed by atoms with E-state index in [4.69, 9.17) is 9.51 Å². The van der Waals surface area contributed by atoms with E-state index < -0.39 is 0 Å². The quantitative estimate of drug-likeness (QED) is 0.225. The van der Waals surface area contributed by atoms with Gasteiger partial charge >= 0.3 is 0 Å². The zero-order valence-corrected chi connectivity index (χ0v) is 20.3. The molecular weight excluding hydrogens is 464 g/mol. The molecule has 5 aromatic rings. The van der Waals surface area contributed by atoms with Gasteiger partial charge in [0.05, 0.1) is 16.8 Å². The van der Waals surface area contributed by atoms with E-state index in [1.807, 2.05) is 61.5 Å². The van der Waals surface area contributed by atoms with Crippen LogP contribution in [0.25, 0.3) is 27.3 Å². The minimum atomic E-state index is 0.00368. The molecule has 0 unspecified atom stereocenters. The average molecular weight is 487 g/mol. The Labute approximate surface area is 204 Å². The predicted molar refractivity (Wildman–Crippen MR) is 136 cm³/mol. The van der Waals surface area contributed by atoms with Crippen LogP contribution in [0, 0.1) is 6.92 Å². The number of hydrogen-bond acceptors (Lipinski definition) is 7. The van der Waals surface area contributed by atoms with Gasteiger partial charge in [-0.2, -0.15) is 4.98 Å². The highest BCUT2D eigenvalue weighted by atomic mass is 32.2. The SMILES string of the molecule is Cc1ccc(-c2noc(CSc3nc4sc5c(c4c(=O)n3-c3ccccc3)CCCC5)n2)cc1. The molecule has 8 heteroatoms. The number of nitrogens with zero attached hydrogens (tertiary/aromatic N) is 4. The zero-order valence-electron chi connectivity index (χ0n) is 18.7. The van der Waals surface area contributed by atoms with E-state index in [1.54, 1.807) is 15.9 Å². The molecule has 6 rings (SSSR count). The van der Waals surface area contributed by atoms with Gasteiger partial charge in [0.2, 0.25) is 11.7 Å². The number of aromatic nitrogens is 4. The molecule has 170 valence electrons. The van der Waals surface area contributed by atoms with Crippen molar-refractivity contribution in [3.05, 3.63) is 86.8 Å². The number of benzene rings is 2. The summed E-state index contributed by atoms with van der Waals surface area (Å²) in [5, 5.41) is 5.56. The third kappa shape index (κ3) is 3.86. The number of fused-ring (bicyclic) bond motifs is 3. The minimum Gasteiger partial charge on any atom is -0.338 e. The van der Waals surface area contributed by atoms with Gasteiger partial charge in [0.25, 0.3) is 5.56 Å². The van der Waals surface area contributed by atoms with Gasteiger partial charge in [-0.15, -0.1) is 11.3 Å². The molecule has 3 aromatic heterocycles. The van der Waals surface area contributed by atoms with Gasteiger partial charge in [-0.05, 0) is 50.3 Å². The normalized spacial score (nSPS) is 13.3. The fraction of sp³-hybridized carbons (Fsp3) is 0.231. The van der Waals surface area contributed by atoms with Crippen LogP contribution in [0.15, 0.2) is 69.1 Å². The van der Waals surface area contributed by atoms with E-state index in [2.05, 4.69) is 10.1 Å². The van der Waals surface area contributed by atoms with Gasteiger partial charge in [0, 0.05) is 10.4 Å². The second kappa shape index (κ2) is 8.85. The number of thioether (sulfide) groups is 1. The van der Waals surface area contributed by atoms with Crippen molar-refractivity contribution in [2.75, 3.05) is 0 Å². The summed E-state index contributed by atoms with van der Waals surface area (Å²) in [6.45, 7) is 2.04. The van der Waals surface area contributed by atoms with Crippen molar-refractivity contribution in [1.29, 1.82) is 0 Å². The molecule has 0 aliphatic heterocycles. The van der Waals surface area contributed by atoms with Crippen LogP contribution in [-0.2, 0) is 18.6 Å². The molecule has 0 saturated heterocycles. The lowest BCUT2D eigenvalue weighted by molar-refractivity contribution is 0.391. The number of rotatable bonds is 5. The van der Waals surface area contributed by atoms with Crippen LogP contribution in [0.2, 0.25) is 0 Å². The number of thiophene rings is 1. The maximum atomic E-state index is 13.8. The van der Waals surface area contributed by atoms with Crippen LogP contribution in [-0.4, -0.2) is 19.7 Å². The summed E-state index contributed by atoms with van der Waals surface area (Å²) in [6, 6.07) is 17.7. The first-order valence-electron chi connectivity index (χ1n) is 11.3. The van der Waals surface area contributed by atoms with Crippen molar-refractivity contribution in [3.63, 3.8) is 0 Å². The maximum Gasteiger partial charge on any atom is 0.267 e. The summed E-state index contributed by atoms with van der Waals surface area (Å²) >= 11 is 3.11. The smallest absolute Gasteiger partial charge is 0.267 e. The van der Waals surface area contributed by atoms with E-state index in [0.717, 1.165) is 40.7 Å². The van der Waals surface area contributed by atoms with Crippen molar-refractivity contribution >= 4 is 33.3 Å². The van der Waals surface area contributed by atoms with Gasteiger partial charge in [0.15, 0.2) is 5.16 Å². The van der Waals surface area contributed by atoms with Gasteiger partial charge in [-0.1, -0.05) is 64.9 Å². The van der Waals surface area contributed by atoms with E-state index in [-0.39, 0.29) is 5.56 Å². The molecule has 0 amide bonds. The topological polar surface area (TPSA) is 73.8 Å². The van der Waals surface area contributed by atoms with E-state index in [1.165, 1.54) is 34.2 Å². The van der Waals surface area contributed by atoms with Crippen LogP contribution < -0.4 is 5.56 Å². The standard InChI is InChI=1S/C26H22N4O2S2/c1-16-11-13-17(14-12-16)23-27-21(32-29-23)15-33-26-28-24-22(19-9-5-6-10-20(19)34-24)25(31)30(26)18-7-3-2-4-8-18/h2-4,7-8,11-14H,5-6,9-10,15H2,1H3. The van der Waals surface area contributed by atoms with Crippen LogP contribution in [0.4, 0.5) is 0 Å². The molecule has 0 atom stereocenters. The minimum absolute atomic E-state index is 0.00368. The van der Waals surface area contributed by atoms with Crippen molar-refractivity contribution in [2.24, 2.45) is 0 Å². The molecule has 0 saturated carbocycles. The van der Waals surface area contributed by atoms with Crippen LogP contribution in [0.3, 0.4) is 0 Å². The molecule has 3 heterocycles. The molecule has 2 aromatic carbocycles. The lowest BCUT2D eigenvalue weighted by atomic mass is 9.97. The molecule has 1 aliphatic rings. The van der Waals surface area contributed by atoms with Crippen LogP contribution >= 0.6 is 23.1 Å². The first-order valence-corrected chi connectivity index (χ1v) is 13.1. The molecule has 0 spiro atoms. The predicted octanol–water partition coefficient (Wildman–Crippen LogP) is 5.98. The largest absolute Gasteiger partial charge is 0.338 e. The van der Waals surface area contributed by atoms with Gasteiger partial charge in [0.1, 0.15) is 4.83 Å². The summed E-state index contributed by atoms with van der Waals surface area (Å²) < 4.78 is 7.23. The fourth-order valence-electron chi connectivity index (χ4n) is 4.35. The molecule has 34 heavy (non-hydrogen) atoms. The molecular formula is C26H22N4O2S2. The fourth-order valence-corrected chi connectivity index (χ4v) is 6.50. The maximum absolute atomic E-state index is 13.8. The summed E-state index contributed by atoms with van der Waals surface area (Å²) in [5.74, 6) is 1.49. The van der Waals surface area contributed by atoms with Gasteiger partial charge in [-0.25, -0.2) is 4.98 Å². The Morgan fingerprint density at radius 1 is 1.03 bits per heavy atom. The first-order chi connectivity index (χ1) is 16.7. The third-order valence-corrected chi connectivity index (χ3v) is 8.18. The summed E-state index contributed by atoms with van der Waals surface area (Å²) in [5.41, 5.74) is 4.11. The highest BCUT2D eigenvalue weighted by Gasteiger charge is 2.23. The monoisotopic (exact) mass is 486 g/mol. The second-order valence-electron chi connectivity index (χ2n) is 8.43. The Balaban J connectivity index is 1.38. The van der Waals surface area contributed by atoms with Crippen molar-refractivity contribution in [3.8, 4) is 17.1 Å². The van der Waals surface area contributed by atoms with E-state index in [0.29, 0.717) is 22.6 Å². The number of hydrogen-bond donors (Lipinski definition) is 0. The van der Waals surface area contributed by atoms with Crippen LogP contribution in [0.5, 0.6) is 0 Å². The summed E-state index contributed by atoms with van der Waals surface area (Å²) in [6.07, 6.45) is 4.29. The number of aryl methyl sites for hydroxylation is 3. The highest BCUT2D eigenvalue weighted by molar-refractivity contribution is 7.98. The number of para-hydroxylation sites is 1. The Morgan fingerprint density at radius 2 is 1.82 bits per heavy atom. The van der Waals surface area contributed by atoms with Crippen molar-refractivity contribution in [1.82, 2.24) is 19.7 Å². The van der Waals surface area contributed by atoms with Crippen molar-refractivity contribution in [2.45, 2.75) is 43.5 Å². The second-order valence-corrected chi connectivity index (χ2v) is 10.5. The molecule has 0 radical (unpaired) electrons. The lowest BCUT2D eigenvalue weighted by Gasteiger charge is -2.13.